The molecule has 18 heavy (non-hydrogen) atoms. The fourth-order valence-electron chi connectivity index (χ4n) is 2.49. The van der Waals surface area contributed by atoms with Crippen LogP contribution in [0.15, 0.2) is 29.6 Å². The molecule has 3 rings (SSSR count). The van der Waals surface area contributed by atoms with E-state index >= 15 is 0 Å². The third-order valence-corrected chi connectivity index (χ3v) is 5.34. The first-order valence-electron chi connectivity index (χ1n) is 6.39. The van der Waals surface area contributed by atoms with Gasteiger partial charge in [-0.15, -0.1) is 22.7 Å². The SMILES string of the molecule is Cc1ccc([C@H](c2cccs2)N2CCNCC2)s1. The second-order valence-electron chi connectivity index (χ2n) is 4.65. The zero-order valence-electron chi connectivity index (χ0n) is 10.6. The van der Waals surface area contributed by atoms with Crippen LogP contribution in [-0.2, 0) is 0 Å². The molecule has 2 nitrogen and oxygen atoms in total. The smallest absolute Gasteiger partial charge is 0.0790 e. The highest BCUT2D eigenvalue weighted by atomic mass is 32.1. The van der Waals surface area contributed by atoms with Gasteiger partial charge >= 0.3 is 0 Å². The predicted molar refractivity (Wildman–Crippen MR) is 79.7 cm³/mol. The predicted octanol–water partition coefficient (Wildman–Crippen LogP) is 3.11. The summed E-state index contributed by atoms with van der Waals surface area (Å²) in [7, 11) is 0. The van der Waals surface area contributed by atoms with E-state index < -0.39 is 0 Å². The van der Waals surface area contributed by atoms with Crippen LogP contribution in [0, 0.1) is 6.92 Å². The largest absolute Gasteiger partial charge is 0.314 e. The summed E-state index contributed by atoms with van der Waals surface area (Å²) in [5, 5.41) is 5.62. The minimum Gasteiger partial charge on any atom is -0.314 e. The number of hydrogen-bond acceptors (Lipinski definition) is 4. The molecule has 1 atom stereocenters. The van der Waals surface area contributed by atoms with Gasteiger partial charge in [0.1, 0.15) is 0 Å². The lowest BCUT2D eigenvalue weighted by Gasteiger charge is -2.34. The molecule has 1 aliphatic rings. The van der Waals surface area contributed by atoms with Crippen molar-refractivity contribution in [2.24, 2.45) is 0 Å². The first-order valence-corrected chi connectivity index (χ1v) is 8.09. The zero-order chi connectivity index (χ0) is 12.4. The van der Waals surface area contributed by atoms with E-state index in [1.807, 2.05) is 22.7 Å². The number of aryl methyl sites for hydroxylation is 1. The molecule has 0 aromatic carbocycles. The van der Waals surface area contributed by atoms with Crippen LogP contribution in [0.1, 0.15) is 20.7 Å². The Morgan fingerprint density at radius 2 is 2.00 bits per heavy atom. The van der Waals surface area contributed by atoms with E-state index in [0.717, 1.165) is 26.2 Å². The molecule has 1 saturated heterocycles. The average Bonchev–Trinajstić information content (AvgIpc) is 3.04. The molecule has 96 valence electrons. The fourth-order valence-corrected chi connectivity index (χ4v) is 4.47. The highest BCUT2D eigenvalue weighted by Gasteiger charge is 2.25. The Balaban J connectivity index is 1.92. The van der Waals surface area contributed by atoms with Crippen LogP contribution in [0.5, 0.6) is 0 Å². The van der Waals surface area contributed by atoms with E-state index in [0.29, 0.717) is 6.04 Å². The van der Waals surface area contributed by atoms with Gasteiger partial charge in [-0.1, -0.05) is 6.07 Å². The molecule has 0 amide bonds. The van der Waals surface area contributed by atoms with Crippen molar-refractivity contribution in [3.8, 4) is 0 Å². The van der Waals surface area contributed by atoms with Gasteiger partial charge in [0.2, 0.25) is 0 Å². The first-order chi connectivity index (χ1) is 8.84. The van der Waals surface area contributed by atoms with Crippen LogP contribution in [-0.4, -0.2) is 31.1 Å². The number of rotatable bonds is 3. The maximum atomic E-state index is 3.44. The highest BCUT2D eigenvalue weighted by molar-refractivity contribution is 7.12. The third-order valence-electron chi connectivity index (χ3n) is 3.36. The Morgan fingerprint density at radius 1 is 1.17 bits per heavy atom. The number of thiophene rings is 2. The van der Waals surface area contributed by atoms with Gasteiger partial charge in [-0.3, -0.25) is 4.90 Å². The molecule has 0 spiro atoms. The summed E-state index contributed by atoms with van der Waals surface area (Å²) < 4.78 is 0. The van der Waals surface area contributed by atoms with E-state index in [1.54, 1.807) is 0 Å². The van der Waals surface area contributed by atoms with Crippen LogP contribution in [0.2, 0.25) is 0 Å². The Labute approximate surface area is 116 Å². The van der Waals surface area contributed by atoms with Crippen molar-refractivity contribution < 1.29 is 0 Å². The third kappa shape index (κ3) is 2.52. The van der Waals surface area contributed by atoms with E-state index in [9.17, 15) is 0 Å². The maximum absolute atomic E-state index is 3.44. The van der Waals surface area contributed by atoms with Crippen molar-refractivity contribution in [3.63, 3.8) is 0 Å². The summed E-state index contributed by atoms with van der Waals surface area (Å²) >= 11 is 3.81. The Hall–Kier alpha value is -0.680. The van der Waals surface area contributed by atoms with Crippen LogP contribution in [0.25, 0.3) is 0 Å². The molecule has 1 fully saturated rings. The quantitative estimate of drug-likeness (QED) is 0.928. The summed E-state index contributed by atoms with van der Waals surface area (Å²) in [6, 6.07) is 9.43. The van der Waals surface area contributed by atoms with Gasteiger partial charge in [0.05, 0.1) is 6.04 Å². The monoisotopic (exact) mass is 278 g/mol. The van der Waals surface area contributed by atoms with Crippen molar-refractivity contribution in [2.45, 2.75) is 13.0 Å². The minimum absolute atomic E-state index is 0.464. The van der Waals surface area contributed by atoms with E-state index in [4.69, 9.17) is 0 Å². The van der Waals surface area contributed by atoms with Gasteiger partial charge in [0, 0.05) is 40.8 Å². The Bertz CT molecular complexity index is 484. The molecule has 1 N–H and O–H groups in total. The Kier molecular flexibility index (Phi) is 3.80. The molecular formula is C14H18N2S2. The fraction of sp³-hybridized carbons (Fsp3) is 0.429. The van der Waals surface area contributed by atoms with Crippen LogP contribution < -0.4 is 5.32 Å². The summed E-state index contributed by atoms with van der Waals surface area (Å²) in [5.41, 5.74) is 0. The van der Waals surface area contributed by atoms with Crippen molar-refractivity contribution in [1.29, 1.82) is 0 Å². The van der Waals surface area contributed by atoms with E-state index in [2.05, 4.69) is 46.8 Å². The number of hydrogen-bond donors (Lipinski definition) is 1. The summed E-state index contributed by atoms with van der Waals surface area (Å²) in [6.45, 7) is 6.68. The van der Waals surface area contributed by atoms with Crippen LogP contribution >= 0.6 is 22.7 Å². The molecule has 0 aliphatic carbocycles. The van der Waals surface area contributed by atoms with Gasteiger partial charge in [-0.25, -0.2) is 0 Å². The standard InChI is InChI=1S/C14H18N2S2/c1-11-4-5-13(18-11)14(12-3-2-10-17-12)16-8-6-15-7-9-16/h2-5,10,14-15H,6-9H2,1H3/t14-/m0/s1. The summed E-state index contributed by atoms with van der Waals surface area (Å²) in [4.78, 5) is 6.96. The maximum Gasteiger partial charge on any atom is 0.0790 e. The van der Waals surface area contributed by atoms with E-state index in [-0.39, 0.29) is 0 Å². The molecule has 0 unspecified atom stereocenters. The van der Waals surface area contributed by atoms with Crippen LogP contribution in [0.3, 0.4) is 0 Å². The van der Waals surface area contributed by atoms with Crippen LogP contribution in [0.4, 0.5) is 0 Å². The first kappa shape index (κ1) is 12.4. The molecule has 3 heterocycles. The number of nitrogens with zero attached hydrogens (tertiary/aromatic N) is 1. The molecule has 0 bridgehead atoms. The second kappa shape index (κ2) is 5.53. The number of piperazine rings is 1. The molecule has 1 aliphatic heterocycles. The van der Waals surface area contributed by atoms with Crippen molar-refractivity contribution in [2.75, 3.05) is 26.2 Å². The minimum atomic E-state index is 0.464. The lowest BCUT2D eigenvalue weighted by atomic mass is 10.1. The second-order valence-corrected chi connectivity index (χ2v) is 6.95. The molecule has 2 aromatic heterocycles. The lowest BCUT2D eigenvalue weighted by molar-refractivity contribution is 0.203. The summed E-state index contributed by atoms with van der Waals surface area (Å²) in [6.07, 6.45) is 0. The summed E-state index contributed by atoms with van der Waals surface area (Å²) in [5.74, 6) is 0. The normalized spacial score (nSPS) is 18.9. The molecule has 0 radical (unpaired) electrons. The average molecular weight is 278 g/mol. The molecule has 2 aromatic rings. The highest BCUT2D eigenvalue weighted by Crippen LogP contribution is 2.35. The Morgan fingerprint density at radius 3 is 2.61 bits per heavy atom. The van der Waals surface area contributed by atoms with Crippen molar-refractivity contribution in [1.82, 2.24) is 10.2 Å². The van der Waals surface area contributed by atoms with Gasteiger partial charge in [-0.05, 0) is 30.5 Å². The molecule has 0 saturated carbocycles. The molecule has 4 heteroatoms. The number of nitrogens with one attached hydrogen (secondary N) is 1. The van der Waals surface area contributed by atoms with Gasteiger partial charge < -0.3 is 5.32 Å². The lowest BCUT2D eigenvalue weighted by Crippen LogP contribution is -2.45. The van der Waals surface area contributed by atoms with Crippen molar-refractivity contribution in [3.05, 3.63) is 44.3 Å². The zero-order valence-corrected chi connectivity index (χ0v) is 12.2. The van der Waals surface area contributed by atoms with Gasteiger partial charge in [-0.2, -0.15) is 0 Å². The van der Waals surface area contributed by atoms with Gasteiger partial charge in [0.25, 0.3) is 0 Å². The molecular weight excluding hydrogens is 260 g/mol. The van der Waals surface area contributed by atoms with Crippen molar-refractivity contribution >= 4 is 22.7 Å². The topological polar surface area (TPSA) is 15.3 Å². The van der Waals surface area contributed by atoms with E-state index in [1.165, 1.54) is 14.6 Å². The van der Waals surface area contributed by atoms with Gasteiger partial charge in [0.15, 0.2) is 0 Å².